The average Bonchev–Trinajstić information content (AvgIpc) is 2.69. The van der Waals surface area contributed by atoms with E-state index in [4.69, 9.17) is 9.47 Å². The third-order valence-corrected chi connectivity index (χ3v) is 5.45. The molecule has 2 rings (SSSR count). The summed E-state index contributed by atoms with van der Waals surface area (Å²) >= 11 is 0. The van der Waals surface area contributed by atoms with Gasteiger partial charge in [-0.05, 0) is 24.0 Å². The van der Waals surface area contributed by atoms with Gasteiger partial charge in [0.2, 0.25) is 0 Å². The van der Waals surface area contributed by atoms with Gasteiger partial charge in [-0.1, -0.05) is 63.4 Å². The number of benzene rings is 1. The molecule has 0 spiro atoms. The summed E-state index contributed by atoms with van der Waals surface area (Å²) in [7, 11) is 0. The molecule has 4 atom stereocenters. The van der Waals surface area contributed by atoms with Crippen molar-refractivity contribution in [1.82, 2.24) is 0 Å². The first-order chi connectivity index (χ1) is 14.1. The van der Waals surface area contributed by atoms with E-state index < -0.39 is 41.1 Å². The Kier molecular flexibility index (Phi) is 7.73. The highest BCUT2D eigenvalue weighted by atomic mass is 16.5. The predicted molar refractivity (Wildman–Crippen MR) is 113 cm³/mol. The zero-order valence-corrected chi connectivity index (χ0v) is 17.8. The highest BCUT2D eigenvalue weighted by Crippen LogP contribution is 2.46. The SMILES string of the molecule is C=CCOC(=O)[C@@H]1C(=O)C[C@](C)(O)[C@@H](C(=O)OCC=C)[C@H]1c1ccc(C(C)C)cc1. The summed E-state index contributed by atoms with van der Waals surface area (Å²) < 4.78 is 10.4. The quantitative estimate of drug-likeness (QED) is 0.399. The molecule has 1 aromatic carbocycles. The largest absolute Gasteiger partial charge is 0.461 e. The van der Waals surface area contributed by atoms with E-state index in [1.807, 2.05) is 12.1 Å². The van der Waals surface area contributed by atoms with Crippen molar-refractivity contribution < 1.29 is 29.0 Å². The predicted octanol–water partition coefficient (Wildman–Crippen LogP) is 3.31. The van der Waals surface area contributed by atoms with Gasteiger partial charge in [-0.25, -0.2) is 0 Å². The van der Waals surface area contributed by atoms with Gasteiger partial charge in [-0.15, -0.1) is 0 Å². The number of hydrogen-bond acceptors (Lipinski definition) is 6. The first kappa shape index (κ1) is 23.5. The van der Waals surface area contributed by atoms with Crippen molar-refractivity contribution in [2.24, 2.45) is 11.8 Å². The molecular weight excluding hydrogens is 384 g/mol. The number of ketones is 1. The van der Waals surface area contributed by atoms with Crippen molar-refractivity contribution >= 4 is 17.7 Å². The number of carbonyl (C=O) groups excluding carboxylic acids is 3. The molecule has 6 nitrogen and oxygen atoms in total. The summed E-state index contributed by atoms with van der Waals surface area (Å²) in [6.07, 6.45) is 2.47. The zero-order chi connectivity index (χ0) is 22.5. The fraction of sp³-hybridized carbons (Fsp3) is 0.458. The Morgan fingerprint density at radius 2 is 1.67 bits per heavy atom. The van der Waals surface area contributed by atoms with Crippen LogP contribution in [0.4, 0.5) is 0 Å². The van der Waals surface area contributed by atoms with Crippen molar-refractivity contribution in [1.29, 1.82) is 0 Å². The van der Waals surface area contributed by atoms with Crippen molar-refractivity contribution in [3.63, 3.8) is 0 Å². The Morgan fingerprint density at radius 1 is 1.13 bits per heavy atom. The van der Waals surface area contributed by atoms with E-state index in [1.165, 1.54) is 19.1 Å². The highest BCUT2D eigenvalue weighted by molar-refractivity contribution is 6.02. The van der Waals surface area contributed by atoms with Crippen LogP contribution in [-0.4, -0.2) is 41.6 Å². The smallest absolute Gasteiger partial charge is 0.317 e. The monoisotopic (exact) mass is 414 g/mol. The van der Waals surface area contributed by atoms with Crippen molar-refractivity contribution in [2.45, 2.75) is 44.6 Å². The van der Waals surface area contributed by atoms with Gasteiger partial charge in [-0.2, -0.15) is 0 Å². The Balaban J connectivity index is 2.57. The normalized spacial score (nSPS) is 26.2. The molecule has 0 unspecified atom stereocenters. The van der Waals surface area contributed by atoms with E-state index in [-0.39, 0.29) is 25.6 Å². The minimum atomic E-state index is -1.67. The van der Waals surface area contributed by atoms with Gasteiger partial charge in [-0.3, -0.25) is 14.4 Å². The van der Waals surface area contributed by atoms with Gasteiger partial charge in [0, 0.05) is 12.3 Å². The van der Waals surface area contributed by atoms with Crippen LogP contribution in [0.25, 0.3) is 0 Å². The van der Waals surface area contributed by atoms with Crippen LogP contribution in [0.1, 0.15) is 50.2 Å². The van der Waals surface area contributed by atoms with Gasteiger partial charge < -0.3 is 14.6 Å². The van der Waals surface area contributed by atoms with Gasteiger partial charge >= 0.3 is 11.9 Å². The summed E-state index contributed by atoms with van der Waals surface area (Å²) in [6.45, 7) is 12.5. The van der Waals surface area contributed by atoms with Gasteiger partial charge in [0.05, 0.1) is 11.5 Å². The summed E-state index contributed by atoms with van der Waals surface area (Å²) in [4.78, 5) is 38.6. The molecule has 0 heterocycles. The van der Waals surface area contributed by atoms with E-state index >= 15 is 0 Å². The molecule has 0 aromatic heterocycles. The van der Waals surface area contributed by atoms with E-state index in [0.29, 0.717) is 5.56 Å². The maximum absolute atomic E-state index is 12.9. The minimum absolute atomic E-state index is 0.0378. The molecule has 6 heteroatoms. The molecule has 1 fully saturated rings. The van der Waals surface area contributed by atoms with Crippen LogP contribution in [0.2, 0.25) is 0 Å². The average molecular weight is 414 g/mol. The van der Waals surface area contributed by atoms with Crippen LogP contribution in [-0.2, 0) is 23.9 Å². The third-order valence-electron chi connectivity index (χ3n) is 5.45. The van der Waals surface area contributed by atoms with Crippen LogP contribution in [0, 0.1) is 11.8 Å². The maximum atomic E-state index is 12.9. The van der Waals surface area contributed by atoms with E-state index in [2.05, 4.69) is 27.0 Å². The van der Waals surface area contributed by atoms with Crippen LogP contribution in [0.3, 0.4) is 0 Å². The van der Waals surface area contributed by atoms with Crippen molar-refractivity contribution in [3.8, 4) is 0 Å². The number of rotatable bonds is 8. The first-order valence-electron chi connectivity index (χ1n) is 10.0. The molecule has 0 bridgehead atoms. The number of hydrogen-bond donors (Lipinski definition) is 1. The molecule has 0 radical (unpaired) electrons. The van der Waals surface area contributed by atoms with Gasteiger partial charge in [0.15, 0.2) is 5.78 Å². The second-order valence-electron chi connectivity index (χ2n) is 8.14. The first-order valence-corrected chi connectivity index (χ1v) is 10.0. The number of aliphatic hydroxyl groups is 1. The lowest BCUT2D eigenvalue weighted by Crippen LogP contribution is -2.55. The molecule has 1 aromatic rings. The fourth-order valence-corrected chi connectivity index (χ4v) is 3.98. The lowest BCUT2D eigenvalue weighted by atomic mass is 9.61. The Morgan fingerprint density at radius 3 is 2.17 bits per heavy atom. The van der Waals surface area contributed by atoms with Crippen LogP contribution in [0.15, 0.2) is 49.6 Å². The number of carbonyl (C=O) groups is 3. The summed E-state index contributed by atoms with van der Waals surface area (Å²) in [5, 5.41) is 11.0. The van der Waals surface area contributed by atoms with Crippen LogP contribution < -0.4 is 0 Å². The molecule has 1 aliphatic rings. The van der Waals surface area contributed by atoms with Crippen molar-refractivity contribution in [2.75, 3.05) is 13.2 Å². The molecule has 1 aliphatic carbocycles. The third kappa shape index (κ3) is 5.05. The fourth-order valence-electron chi connectivity index (χ4n) is 3.98. The molecule has 30 heavy (non-hydrogen) atoms. The molecule has 1 saturated carbocycles. The molecule has 162 valence electrons. The van der Waals surface area contributed by atoms with Crippen LogP contribution in [0.5, 0.6) is 0 Å². The van der Waals surface area contributed by atoms with Gasteiger partial charge in [0.25, 0.3) is 0 Å². The molecule has 1 N–H and O–H groups in total. The summed E-state index contributed by atoms with van der Waals surface area (Å²) in [6, 6.07) is 7.37. The van der Waals surface area contributed by atoms with E-state index in [1.54, 1.807) is 12.1 Å². The number of esters is 2. The van der Waals surface area contributed by atoms with E-state index in [9.17, 15) is 19.5 Å². The Hall–Kier alpha value is -2.73. The summed E-state index contributed by atoms with van der Waals surface area (Å²) in [5.41, 5.74) is -0.00981. The number of ether oxygens (including phenoxy) is 2. The Bertz CT molecular complexity index is 805. The summed E-state index contributed by atoms with van der Waals surface area (Å²) in [5.74, 6) is -4.88. The van der Waals surface area contributed by atoms with Crippen LogP contribution >= 0.6 is 0 Å². The standard InChI is InChI=1S/C24H30O6/c1-6-12-29-22(26)20-18(25)14-24(5,28)21(23(27)30-13-7-2)19(20)17-10-8-16(9-11-17)15(3)4/h6-11,15,19-21,28H,1-2,12-14H2,3-5H3/t19-,20+,21+,24-/m0/s1. The molecular formula is C24H30O6. The van der Waals surface area contributed by atoms with E-state index in [0.717, 1.165) is 5.56 Å². The molecule has 0 saturated heterocycles. The lowest BCUT2D eigenvalue weighted by Gasteiger charge is -2.43. The molecule has 0 amide bonds. The second kappa shape index (κ2) is 9.85. The zero-order valence-electron chi connectivity index (χ0n) is 17.8. The Labute approximate surface area is 177 Å². The number of Topliss-reactive ketones (excluding diaryl/α,β-unsaturated/α-hetero) is 1. The second-order valence-corrected chi connectivity index (χ2v) is 8.14. The topological polar surface area (TPSA) is 89.9 Å². The maximum Gasteiger partial charge on any atom is 0.317 e. The minimum Gasteiger partial charge on any atom is -0.461 e. The lowest BCUT2D eigenvalue weighted by molar-refractivity contribution is -0.171. The van der Waals surface area contributed by atoms with Crippen molar-refractivity contribution in [3.05, 3.63) is 60.7 Å². The van der Waals surface area contributed by atoms with Gasteiger partial charge in [0.1, 0.15) is 19.1 Å². The molecule has 0 aliphatic heterocycles. The highest BCUT2D eigenvalue weighted by Gasteiger charge is 2.57.